The van der Waals surface area contributed by atoms with E-state index in [1.807, 2.05) is 47.8 Å². The van der Waals surface area contributed by atoms with Gasteiger partial charge in [-0.05, 0) is 17.7 Å². The Hall–Kier alpha value is -2.94. The lowest BCUT2D eigenvalue weighted by Crippen LogP contribution is -2.44. The normalized spacial score (nSPS) is 12.3. The van der Waals surface area contributed by atoms with Gasteiger partial charge < -0.3 is 15.5 Å². The van der Waals surface area contributed by atoms with E-state index in [1.54, 1.807) is 12.3 Å². The monoisotopic (exact) mass is 408 g/mol. The zero-order chi connectivity index (χ0) is 21.3. The Morgan fingerprint density at radius 2 is 1.79 bits per heavy atom. The molecule has 0 saturated carbocycles. The van der Waals surface area contributed by atoms with Crippen molar-refractivity contribution >= 4 is 11.8 Å². The number of halogens is 3. The summed E-state index contributed by atoms with van der Waals surface area (Å²) in [6, 6.07) is 14.5. The number of amides is 2. The average Bonchev–Trinajstić information content (AvgIpc) is 2.68. The molecule has 29 heavy (non-hydrogen) atoms. The van der Waals surface area contributed by atoms with Crippen LogP contribution in [0.4, 0.5) is 13.2 Å². The Morgan fingerprint density at radius 1 is 1.10 bits per heavy atom. The summed E-state index contributed by atoms with van der Waals surface area (Å²) >= 11 is 0. The number of hydrogen-bond donors (Lipinski definition) is 2. The number of hydrogen-bond acceptors (Lipinski definition) is 4. The molecule has 0 fully saturated rings. The van der Waals surface area contributed by atoms with Crippen molar-refractivity contribution in [3.63, 3.8) is 0 Å². The molecular formula is C20H23F3N4O2. The van der Waals surface area contributed by atoms with Crippen molar-refractivity contribution in [3.8, 4) is 0 Å². The summed E-state index contributed by atoms with van der Waals surface area (Å²) in [5.74, 6) is -1.02. The van der Waals surface area contributed by atoms with Crippen LogP contribution in [0.5, 0.6) is 0 Å². The van der Waals surface area contributed by atoms with Gasteiger partial charge in [0, 0.05) is 25.4 Å². The molecule has 2 N–H and O–H groups in total. The van der Waals surface area contributed by atoms with Gasteiger partial charge in [-0.3, -0.25) is 14.6 Å². The lowest BCUT2D eigenvalue weighted by Gasteiger charge is -2.22. The number of pyridine rings is 1. The molecule has 1 heterocycles. The van der Waals surface area contributed by atoms with E-state index in [4.69, 9.17) is 0 Å². The molecule has 6 nitrogen and oxygen atoms in total. The zero-order valence-electron chi connectivity index (χ0n) is 15.9. The molecule has 0 saturated heterocycles. The number of aromatic nitrogens is 1. The van der Waals surface area contributed by atoms with Crippen LogP contribution >= 0.6 is 0 Å². The molecule has 0 spiro atoms. The minimum Gasteiger partial charge on any atom is -0.347 e. The van der Waals surface area contributed by atoms with Crippen molar-refractivity contribution in [1.82, 2.24) is 20.5 Å². The van der Waals surface area contributed by atoms with Crippen LogP contribution in [0.25, 0.3) is 0 Å². The Labute approximate surface area is 167 Å². The molecule has 1 aromatic heterocycles. The first-order valence-electron chi connectivity index (χ1n) is 9.00. The maximum atomic E-state index is 12.4. The number of alkyl halides is 3. The van der Waals surface area contributed by atoms with Crippen LogP contribution in [0.1, 0.15) is 17.3 Å². The molecule has 0 aliphatic heterocycles. The quantitative estimate of drug-likeness (QED) is 0.667. The summed E-state index contributed by atoms with van der Waals surface area (Å²) in [6.07, 6.45) is -2.27. The van der Waals surface area contributed by atoms with Gasteiger partial charge in [0.15, 0.2) is 0 Å². The van der Waals surface area contributed by atoms with Gasteiger partial charge >= 0.3 is 6.18 Å². The third kappa shape index (κ3) is 8.30. The highest BCUT2D eigenvalue weighted by Gasteiger charge is 2.27. The molecule has 1 aromatic carbocycles. The van der Waals surface area contributed by atoms with E-state index >= 15 is 0 Å². The maximum Gasteiger partial charge on any atom is 0.401 e. The Bertz CT molecular complexity index is 785. The van der Waals surface area contributed by atoms with E-state index < -0.39 is 31.1 Å². The van der Waals surface area contributed by atoms with Crippen molar-refractivity contribution in [2.75, 3.05) is 26.7 Å². The topological polar surface area (TPSA) is 74.3 Å². The highest BCUT2D eigenvalue weighted by molar-refractivity contribution is 5.85. The molecule has 2 amide bonds. The fourth-order valence-corrected chi connectivity index (χ4v) is 2.66. The van der Waals surface area contributed by atoms with Gasteiger partial charge in [0.1, 0.15) is 0 Å². The lowest BCUT2D eigenvalue weighted by molar-refractivity contribution is -0.137. The van der Waals surface area contributed by atoms with Gasteiger partial charge in [-0.2, -0.15) is 13.2 Å². The first kappa shape index (κ1) is 22.4. The van der Waals surface area contributed by atoms with E-state index in [-0.39, 0.29) is 12.6 Å². The average molecular weight is 408 g/mol. The van der Waals surface area contributed by atoms with Crippen LogP contribution < -0.4 is 10.6 Å². The summed E-state index contributed by atoms with van der Waals surface area (Å²) < 4.78 is 36.4. The van der Waals surface area contributed by atoms with E-state index in [0.717, 1.165) is 16.2 Å². The van der Waals surface area contributed by atoms with Crippen LogP contribution in [0, 0.1) is 0 Å². The Morgan fingerprint density at radius 3 is 2.41 bits per heavy atom. The van der Waals surface area contributed by atoms with Crippen LogP contribution in [-0.4, -0.2) is 54.6 Å². The van der Waals surface area contributed by atoms with Crippen LogP contribution in [0.2, 0.25) is 0 Å². The first-order chi connectivity index (χ1) is 13.7. The minimum atomic E-state index is -4.40. The van der Waals surface area contributed by atoms with Gasteiger partial charge in [-0.15, -0.1) is 0 Å². The maximum absolute atomic E-state index is 12.4. The number of carbonyl (C=O) groups excluding carboxylic acids is 2. The van der Waals surface area contributed by atoms with Gasteiger partial charge in [0.05, 0.1) is 25.7 Å². The molecule has 0 aliphatic rings. The SMILES string of the molecule is CN(CC(=O)NC(Cc1ccccn1)c1ccccc1)C(=O)CNCC(F)(F)F. The fourth-order valence-electron chi connectivity index (χ4n) is 2.66. The summed E-state index contributed by atoms with van der Waals surface area (Å²) in [6.45, 7) is -2.03. The number of rotatable bonds is 9. The summed E-state index contributed by atoms with van der Waals surface area (Å²) in [5, 5.41) is 4.90. The molecule has 0 bridgehead atoms. The summed E-state index contributed by atoms with van der Waals surface area (Å²) in [7, 11) is 1.37. The molecule has 9 heteroatoms. The smallest absolute Gasteiger partial charge is 0.347 e. The van der Waals surface area contributed by atoms with E-state index in [0.29, 0.717) is 6.42 Å². The molecule has 1 unspecified atom stereocenters. The zero-order valence-corrected chi connectivity index (χ0v) is 15.9. The van der Waals surface area contributed by atoms with Gasteiger partial charge in [-0.25, -0.2) is 0 Å². The Balaban J connectivity index is 1.94. The first-order valence-corrected chi connectivity index (χ1v) is 9.00. The summed E-state index contributed by atoms with van der Waals surface area (Å²) in [4.78, 5) is 29.7. The predicted molar refractivity (Wildman–Crippen MR) is 102 cm³/mol. The molecule has 1 atom stereocenters. The highest BCUT2D eigenvalue weighted by atomic mass is 19.4. The van der Waals surface area contributed by atoms with Crippen molar-refractivity contribution in [2.24, 2.45) is 0 Å². The molecule has 2 rings (SSSR count). The third-order valence-electron chi connectivity index (χ3n) is 4.08. The second-order valence-electron chi connectivity index (χ2n) is 6.52. The predicted octanol–water partition coefficient (Wildman–Crippen LogP) is 2.09. The van der Waals surface area contributed by atoms with Gasteiger partial charge in [-0.1, -0.05) is 36.4 Å². The molecule has 0 aliphatic carbocycles. The van der Waals surface area contributed by atoms with E-state index in [2.05, 4.69) is 10.3 Å². The second kappa shape index (κ2) is 10.6. The number of likely N-dealkylation sites (N-methyl/N-ethyl adjacent to an activating group) is 1. The number of benzene rings is 1. The van der Waals surface area contributed by atoms with Crippen LogP contribution in [0.15, 0.2) is 54.7 Å². The van der Waals surface area contributed by atoms with Crippen molar-refractivity contribution < 1.29 is 22.8 Å². The van der Waals surface area contributed by atoms with Gasteiger partial charge in [0.2, 0.25) is 11.8 Å². The second-order valence-corrected chi connectivity index (χ2v) is 6.52. The largest absolute Gasteiger partial charge is 0.401 e. The number of carbonyl (C=O) groups is 2. The van der Waals surface area contributed by atoms with E-state index in [1.165, 1.54) is 7.05 Å². The molecular weight excluding hydrogens is 385 g/mol. The summed E-state index contributed by atoms with van der Waals surface area (Å²) in [5.41, 5.74) is 1.68. The van der Waals surface area contributed by atoms with Crippen molar-refractivity contribution in [1.29, 1.82) is 0 Å². The molecule has 2 aromatic rings. The molecule has 0 radical (unpaired) electrons. The number of nitrogens with zero attached hydrogens (tertiary/aromatic N) is 2. The Kier molecular flexibility index (Phi) is 8.14. The minimum absolute atomic E-state index is 0.266. The number of nitrogens with one attached hydrogen (secondary N) is 2. The highest BCUT2D eigenvalue weighted by Crippen LogP contribution is 2.17. The lowest BCUT2D eigenvalue weighted by atomic mass is 10.0. The van der Waals surface area contributed by atoms with E-state index in [9.17, 15) is 22.8 Å². The van der Waals surface area contributed by atoms with Crippen LogP contribution in [-0.2, 0) is 16.0 Å². The fraction of sp³-hybridized carbons (Fsp3) is 0.350. The van der Waals surface area contributed by atoms with Crippen molar-refractivity contribution in [3.05, 3.63) is 66.0 Å². The van der Waals surface area contributed by atoms with Crippen LogP contribution in [0.3, 0.4) is 0 Å². The third-order valence-corrected chi connectivity index (χ3v) is 4.08. The van der Waals surface area contributed by atoms with Gasteiger partial charge in [0.25, 0.3) is 0 Å². The van der Waals surface area contributed by atoms with Crippen molar-refractivity contribution in [2.45, 2.75) is 18.6 Å². The molecule has 156 valence electrons. The standard InChI is InChI=1S/C20H23F3N4O2/c1-27(19(29)12-24-14-20(21,22)23)13-18(28)26-17(15-7-3-2-4-8-15)11-16-9-5-6-10-25-16/h2-10,17,24H,11-14H2,1H3,(H,26,28).